The molecule has 0 atom stereocenters. The van der Waals surface area contributed by atoms with E-state index in [0.29, 0.717) is 6.54 Å². The lowest BCUT2D eigenvalue weighted by atomic mass is 10.1. The highest BCUT2D eigenvalue weighted by atomic mass is 16.2. The number of nitrogens with zero attached hydrogens (tertiary/aromatic N) is 1. The first-order chi connectivity index (χ1) is 8.13. The summed E-state index contributed by atoms with van der Waals surface area (Å²) in [6, 6.07) is 8.46. The Labute approximate surface area is 104 Å². The van der Waals surface area contributed by atoms with Gasteiger partial charge >= 0.3 is 0 Å². The van der Waals surface area contributed by atoms with Crippen molar-refractivity contribution in [2.24, 2.45) is 0 Å². The molecule has 0 saturated carbocycles. The van der Waals surface area contributed by atoms with Gasteiger partial charge in [-0.1, -0.05) is 36.8 Å². The van der Waals surface area contributed by atoms with Crippen molar-refractivity contribution in [3.05, 3.63) is 35.4 Å². The Morgan fingerprint density at radius 3 is 2.53 bits per heavy atom. The third kappa shape index (κ3) is 5.00. The summed E-state index contributed by atoms with van der Waals surface area (Å²) in [5.74, 6) is 0.152. The van der Waals surface area contributed by atoms with E-state index in [1.165, 1.54) is 11.1 Å². The molecule has 94 valence electrons. The van der Waals surface area contributed by atoms with Crippen molar-refractivity contribution in [2.45, 2.75) is 20.3 Å². The van der Waals surface area contributed by atoms with Gasteiger partial charge in [-0.05, 0) is 25.5 Å². The highest BCUT2D eigenvalue weighted by Crippen LogP contribution is 2.04. The lowest BCUT2D eigenvalue weighted by Crippen LogP contribution is -2.36. The first-order valence-corrected chi connectivity index (χ1v) is 6.13. The third-order valence-electron chi connectivity index (χ3n) is 2.81. The van der Waals surface area contributed by atoms with Crippen LogP contribution in [0, 0.1) is 6.92 Å². The zero-order valence-corrected chi connectivity index (χ0v) is 11.0. The summed E-state index contributed by atoms with van der Waals surface area (Å²) in [6.07, 6.45) is 0.911. The molecule has 0 aliphatic heterocycles. The van der Waals surface area contributed by atoms with Gasteiger partial charge in [0, 0.05) is 13.6 Å². The summed E-state index contributed by atoms with van der Waals surface area (Å²) >= 11 is 0. The van der Waals surface area contributed by atoms with Crippen LogP contribution in [0.15, 0.2) is 24.3 Å². The van der Waals surface area contributed by atoms with Crippen molar-refractivity contribution in [1.82, 2.24) is 10.2 Å². The van der Waals surface area contributed by atoms with Gasteiger partial charge in [-0.2, -0.15) is 0 Å². The number of aryl methyl sites for hydroxylation is 1. The number of carbonyl (C=O) groups excluding carboxylic acids is 1. The fraction of sp³-hybridized carbons (Fsp3) is 0.500. The zero-order valence-electron chi connectivity index (χ0n) is 11.0. The van der Waals surface area contributed by atoms with E-state index < -0.39 is 0 Å². The maximum atomic E-state index is 11.6. The topological polar surface area (TPSA) is 32.3 Å². The molecule has 0 fully saturated rings. The van der Waals surface area contributed by atoms with E-state index in [0.717, 1.165) is 19.5 Å². The molecule has 1 aromatic rings. The largest absolute Gasteiger partial charge is 0.344 e. The van der Waals surface area contributed by atoms with Crippen molar-refractivity contribution in [3.8, 4) is 0 Å². The van der Waals surface area contributed by atoms with Gasteiger partial charge in [-0.15, -0.1) is 0 Å². The summed E-state index contributed by atoms with van der Waals surface area (Å²) in [5, 5.41) is 3.04. The van der Waals surface area contributed by atoms with Crippen LogP contribution in [0.1, 0.15) is 18.1 Å². The van der Waals surface area contributed by atoms with E-state index in [1.54, 1.807) is 4.90 Å². The van der Waals surface area contributed by atoms with Crippen LogP contribution in [0.2, 0.25) is 0 Å². The van der Waals surface area contributed by atoms with Gasteiger partial charge in [0.2, 0.25) is 5.91 Å². The average molecular weight is 234 g/mol. The monoisotopic (exact) mass is 234 g/mol. The van der Waals surface area contributed by atoms with Gasteiger partial charge in [0.25, 0.3) is 0 Å². The van der Waals surface area contributed by atoms with Crippen LogP contribution in [0.5, 0.6) is 0 Å². The van der Waals surface area contributed by atoms with E-state index in [1.807, 2.05) is 14.0 Å². The van der Waals surface area contributed by atoms with Crippen LogP contribution in [0.4, 0.5) is 0 Å². The molecule has 1 amide bonds. The maximum absolute atomic E-state index is 11.6. The quantitative estimate of drug-likeness (QED) is 0.811. The molecular weight excluding hydrogens is 212 g/mol. The van der Waals surface area contributed by atoms with Gasteiger partial charge in [0.15, 0.2) is 0 Å². The molecule has 17 heavy (non-hydrogen) atoms. The second-order valence-corrected chi connectivity index (χ2v) is 4.33. The molecule has 1 N–H and O–H groups in total. The van der Waals surface area contributed by atoms with Crippen molar-refractivity contribution in [1.29, 1.82) is 0 Å². The molecule has 0 spiro atoms. The fourth-order valence-electron chi connectivity index (χ4n) is 1.54. The number of nitrogens with one attached hydrogen (secondary N) is 1. The summed E-state index contributed by atoms with van der Waals surface area (Å²) < 4.78 is 0. The van der Waals surface area contributed by atoms with Crippen LogP contribution >= 0.6 is 0 Å². The number of hydrogen-bond acceptors (Lipinski definition) is 2. The SMILES string of the molecule is CCNCC(=O)N(C)CCc1ccc(C)cc1. The minimum Gasteiger partial charge on any atom is -0.344 e. The number of carbonyl (C=O) groups is 1. The molecule has 0 aliphatic rings. The van der Waals surface area contributed by atoms with Gasteiger partial charge in [-0.25, -0.2) is 0 Å². The molecule has 0 aromatic heterocycles. The Morgan fingerprint density at radius 2 is 1.94 bits per heavy atom. The Morgan fingerprint density at radius 1 is 1.29 bits per heavy atom. The van der Waals surface area contributed by atoms with Crippen LogP contribution in [-0.2, 0) is 11.2 Å². The molecule has 0 saturated heterocycles. The van der Waals surface area contributed by atoms with Crippen LogP contribution in [-0.4, -0.2) is 37.5 Å². The molecule has 0 heterocycles. The first kappa shape index (κ1) is 13.7. The minimum absolute atomic E-state index is 0.152. The molecule has 0 aliphatic carbocycles. The van der Waals surface area contributed by atoms with Crippen LogP contribution in [0.3, 0.4) is 0 Å². The van der Waals surface area contributed by atoms with E-state index in [4.69, 9.17) is 0 Å². The van der Waals surface area contributed by atoms with Crippen LogP contribution < -0.4 is 5.32 Å². The van der Waals surface area contributed by atoms with E-state index in [9.17, 15) is 4.79 Å². The summed E-state index contributed by atoms with van der Waals surface area (Å²) in [5.41, 5.74) is 2.55. The second-order valence-electron chi connectivity index (χ2n) is 4.33. The minimum atomic E-state index is 0.152. The summed E-state index contributed by atoms with van der Waals surface area (Å²) in [7, 11) is 1.86. The molecular formula is C14H22N2O. The fourth-order valence-corrected chi connectivity index (χ4v) is 1.54. The average Bonchev–Trinajstić information content (AvgIpc) is 2.34. The highest BCUT2D eigenvalue weighted by molar-refractivity contribution is 5.77. The van der Waals surface area contributed by atoms with Crippen molar-refractivity contribution < 1.29 is 4.79 Å². The first-order valence-electron chi connectivity index (χ1n) is 6.13. The number of likely N-dealkylation sites (N-methyl/N-ethyl adjacent to an activating group) is 2. The predicted octanol–water partition coefficient (Wildman–Crippen LogP) is 1.61. The van der Waals surface area contributed by atoms with Crippen LogP contribution in [0.25, 0.3) is 0 Å². The Balaban J connectivity index is 2.34. The molecule has 0 unspecified atom stereocenters. The lowest BCUT2D eigenvalue weighted by molar-refractivity contribution is -0.128. The third-order valence-corrected chi connectivity index (χ3v) is 2.81. The Bertz CT molecular complexity index is 346. The Hall–Kier alpha value is -1.35. The Kier molecular flexibility index (Phi) is 5.70. The standard InChI is InChI=1S/C14H22N2O/c1-4-15-11-14(17)16(3)10-9-13-7-5-12(2)6-8-13/h5-8,15H,4,9-11H2,1-3H3. The molecule has 1 aromatic carbocycles. The molecule has 1 rings (SSSR count). The number of amides is 1. The van der Waals surface area contributed by atoms with Crippen molar-refractivity contribution >= 4 is 5.91 Å². The van der Waals surface area contributed by atoms with E-state index in [-0.39, 0.29) is 5.91 Å². The van der Waals surface area contributed by atoms with Gasteiger partial charge in [0.05, 0.1) is 6.54 Å². The zero-order chi connectivity index (χ0) is 12.7. The van der Waals surface area contributed by atoms with Gasteiger partial charge in [-0.3, -0.25) is 4.79 Å². The summed E-state index contributed by atoms with van der Waals surface area (Å²) in [6.45, 7) is 6.11. The smallest absolute Gasteiger partial charge is 0.236 e. The van der Waals surface area contributed by atoms with Gasteiger partial charge < -0.3 is 10.2 Å². The second kappa shape index (κ2) is 7.07. The van der Waals surface area contributed by atoms with Gasteiger partial charge in [0.1, 0.15) is 0 Å². The summed E-state index contributed by atoms with van der Waals surface area (Å²) in [4.78, 5) is 13.4. The van der Waals surface area contributed by atoms with E-state index >= 15 is 0 Å². The van der Waals surface area contributed by atoms with Crippen molar-refractivity contribution in [3.63, 3.8) is 0 Å². The normalized spacial score (nSPS) is 10.3. The molecule has 3 heteroatoms. The van der Waals surface area contributed by atoms with E-state index in [2.05, 4.69) is 36.5 Å². The maximum Gasteiger partial charge on any atom is 0.236 e. The lowest BCUT2D eigenvalue weighted by Gasteiger charge is -2.17. The highest BCUT2D eigenvalue weighted by Gasteiger charge is 2.07. The molecule has 3 nitrogen and oxygen atoms in total. The number of hydrogen-bond donors (Lipinski definition) is 1. The predicted molar refractivity (Wildman–Crippen MR) is 71.1 cm³/mol. The number of rotatable bonds is 6. The molecule has 0 radical (unpaired) electrons. The van der Waals surface area contributed by atoms with Crippen molar-refractivity contribution in [2.75, 3.05) is 26.7 Å². The molecule has 0 bridgehead atoms. The number of benzene rings is 1.